The number of nitrogens with zero attached hydrogens (tertiary/aromatic N) is 1. The van der Waals surface area contributed by atoms with Crippen LogP contribution in [0, 0.1) is 6.92 Å². The van der Waals surface area contributed by atoms with Gasteiger partial charge in [0.1, 0.15) is 5.25 Å². The van der Waals surface area contributed by atoms with Crippen molar-refractivity contribution in [3.8, 4) is 11.3 Å². The van der Waals surface area contributed by atoms with Gasteiger partial charge in [-0.1, -0.05) is 84.4 Å². The molecule has 5 rings (SSSR count). The third-order valence-electron chi connectivity index (χ3n) is 5.80. The van der Waals surface area contributed by atoms with Crippen molar-refractivity contribution >= 4 is 62.8 Å². The Bertz CT molecular complexity index is 1550. The molecule has 0 fully saturated rings. The first kappa shape index (κ1) is 26.6. The average Bonchev–Trinajstić information content (AvgIpc) is 3.41. The molecule has 1 aromatic heterocycles. The van der Waals surface area contributed by atoms with Gasteiger partial charge in [0.2, 0.25) is 5.91 Å². The van der Waals surface area contributed by atoms with E-state index >= 15 is 0 Å². The summed E-state index contributed by atoms with van der Waals surface area (Å²) >= 11 is 8.39. The molecule has 8 heteroatoms. The Labute approximate surface area is 241 Å². The number of anilines is 3. The van der Waals surface area contributed by atoms with Gasteiger partial charge in [0.05, 0.1) is 5.69 Å². The van der Waals surface area contributed by atoms with Crippen LogP contribution in [-0.2, 0) is 4.79 Å². The second-order valence-corrected chi connectivity index (χ2v) is 11.2. The van der Waals surface area contributed by atoms with Crippen molar-refractivity contribution in [1.29, 1.82) is 0 Å². The summed E-state index contributed by atoms with van der Waals surface area (Å²) in [7, 11) is 0. The van der Waals surface area contributed by atoms with Gasteiger partial charge in [0.25, 0.3) is 0 Å². The highest BCUT2D eigenvalue weighted by Crippen LogP contribution is 2.37. The molecule has 1 heterocycles. The van der Waals surface area contributed by atoms with Crippen molar-refractivity contribution < 1.29 is 4.79 Å². The zero-order chi connectivity index (χ0) is 27.0. The lowest BCUT2D eigenvalue weighted by Gasteiger charge is -2.17. The SMILES string of the molecule is Cc1ccc(-c2csc(NC(=O)C(Sc3cccc(NC(=S)Nc4ccccc4)c3)c3ccccc3)n2)cc1. The van der Waals surface area contributed by atoms with Crippen LogP contribution in [0.3, 0.4) is 0 Å². The largest absolute Gasteiger partial charge is 0.332 e. The summed E-state index contributed by atoms with van der Waals surface area (Å²) in [6.45, 7) is 2.06. The van der Waals surface area contributed by atoms with E-state index in [2.05, 4.69) is 40.0 Å². The number of carbonyl (C=O) groups excluding carboxylic acids is 1. The lowest BCUT2D eigenvalue weighted by Crippen LogP contribution is -2.19. The maximum atomic E-state index is 13.6. The molecule has 0 saturated heterocycles. The van der Waals surface area contributed by atoms with E-state index in [4.69, 9.17) is 12.2 Å². The molecule has 0 aliphatic heterocycles. The van der Waals surface area contributed by atoms with Gasteiger partial charge < -0.3 is 16.0 Å². The molecule has 0 spiro atoms. The molecular weight excluding hydrogens is 541 g/mol. The normalized spacial score (nSPS) is 11.4. The number of aryl methyl sites for hydroxylation is 1. The third kappa shape index (κ3) is 7.32. The first-order chi connectivity index (χ1) is 19.0. The number of amides is 1. The molecule has 0 bridgehead atoms. The van der Waals surface area contributed by atoms with E-state index in [9.17, 15) is 4.79 Å². The van der Waals surface area contributed by atoms with Gasteiger partial charge in [-0.05, 0) is 55.0 Å². The van der Waals surface area contributed by atoms with E-state index in [1.165, 1.54) is 28.7 Å². The van der Waals surface area contributed by atoms with Crippen LogP contribution in [0.5, 0.6) is 0 Å². The van der Waals surface area contributed by atoms with E-state index in [1.807, 2.05) is 102 Å². The Morgan fingerprint density at radius 3 is 2.23 bits per heavy atom. The zero-order valence-electron chi connectivity index (χ0n) is 21.1. The Morgan fingerprint density at radius 2 is 1.49 bits per heavy atom. The zero-order valence-corrected chi connectivity index (χ0v) is 23.6. The number of nitrogens with one attached hydrogen (secondary N) is 3. The van der Waals surface area contributed by atoms with E-state index < -0.39 is 5.25 Å². The smallest absolute Gasteiger partial charge is 0.244 e. The van der Waals surface area contributed by atoms with Crippen molar-refractivity contribution in [2.45, 2.75) is 17.1 Å². The molecule has 39 heavy (non-hydrogen) atoms. The van der Waals surface area contributed by atoms with E-state index in [-0.39, 0.29) is 5.91 Å². The van der Waals surface area contributed by atoms with Crippen molar-refractivity contribution in [1.82, 2.24) is 4.98 Å². The molecule has 0 saturated carbocycles. The molecule has 0 aliphatic carbocycles. The molecule has 1 amide bonds. The molecule has 4 aromatic carbocycles. The molecular formula is C31H26N4OS3. The summed E-state index contributed by atoms with van der Waals surface area (Å²) < 4.78 is 0. The molecule has 0 aliphatic rings. The summed E-state index contributed by atoms with van der Waals surface area (Å²) in [6.07, 6.45) is 0. The van der Waals surface area contributed by atoms with Gasteiger partial charge in [-0.15, -0.1) is 23.1 Å². The van der Waals surface area contributed by atoms with Crippen LogP contribution in [0.4, 0.5) is 16.5 Å². The van der Waals surface area contributed by atoms with Gasteiger partial charge in [-0.3, -0.25) is 4.79 Å². The molecule has 0 radical (unpaired) electrons. The summed E-state index contributed by atoms with van der Waals surface area (Å²) in [6, 6.07) is 35.6. The standard InChI is InChI=1S/C31H26N4OS3/c1-21-15-17-22(18-16-21)27-20-38-31(34-27)35-29(36)28(23-9-4-2-5-10-23)39-26-14-8-13-25(19-26)33-30(37)32-24-11-6-3-7-12-24/h2-20,28H,1H3,(H2,32,33,37)(H,34,35,36). The Balaban J connectivity index is 1.30. The first-order valence-electron chi connectivity index (χ1n) is 12.3. The minimum atomic E-state index is -0.470. The summed E-state index contributed by atoms with van der Waals surface area (Å²) in [5.41, 5.74) is 5.72. The third-order valence-corrected chi connectivity index (χ3v) is 8.01. The average molecular weight is 567 g/mol. The summed E-state index contributed by atoms with van der Waals surface area (Å²) in [5, 5.41) is 12.0. The van der Waals surface area contributed by atoms with Crippen molar-refractivity contribution in [2.24, 2.45) is 0 Å². The second-order valence-electron chi connectivity index (χ2n) is 8.77. The molecule has 5 nitrogen and oxygen atoms in total. The Morgan fingerprint density at radius 1 is 0.821 bits per heavy atom. The van der Waals surface area contributed by atoms with E-state index in [0.29, 0.717) is 10.2 Å². The number of carbonyl (C=O) groups is 1. The molecule has 1 atom stereocenters. The Hall–Kier alpha value is -3.98. The fourth-order valence-electron chi connectivity index (χ4n) is 3.86. The van der Waals surface area contributed by atoms with Gasteiger partial charge in [0.15, 0.2) is 10.2 Å². The van der Waals surface area contributed by atoms with Crippen molar-refractivity contribution in [3.05, 3.63) is 126 Å². The maximum absolute atomic E-state index is 13.6. The fourth-order valence-corrected chi connectivity index (χ4v) is 5.90. The predicted octanol–water partition coefficient (Wildman–Crippen LogP) is 8.40. The number of benzene rings is 4. The fraction of sp³-hybridized carbons (Fsp3) is 0.0645. The van der Waals surface area contributed by atoms with Gasteiger partial charge in [-0.25, -0.2) is 4.98 Å². The maximum Gasteiger partial charge on any atom is 0.244 e. The second kappa shape index (κ2) is 12.7. The quantitative estimate of drug-likeness (QED) is 0.129. The van der Waals surface area contributed by atoms with E-state index in [0.717, 1.165) is 33.1 Å². The highest BCUT2D eigenvalue weighted by atomic mass is 32.2. The van der Waals surface area contributed by atoms with Gasteiger partial charge in [0, 0.05) is 27.2 Å². The topological polar surface area (TPSA) is 66.1 Å². The van der Waals surface area contributed by atoms with Crippen molar-refractivity contribution in [2.75, 3.05) is 16.0 Å². The highest BCUT2D eigenvalue weighted by molar-refractivity contribution is 8.00. The van der Waals surface area contributed by atoms with Crippen LogP contribution in [-0.4, -0.2) is 16.0 Å². The van der Waals surface area contributed by atoms with E-state index in [1.54, 1.807) is 0 Å². The number of thioether (sulfide) groups is 1. The van der Waals surface area contributed by atoms with Crippen LogP contribution in [0.1, 0.15) is 16.4 Å². The number of hydrogen-bond acceptors (Lipinski definition) is 5. The Kier molecular flexibility index (Phi) is 8.68. The molecule has 5 aromatic rings. The number of rotatable bonds is 8. The van der Waals surface area contributed by atoms with Gasteiger partial charge >= 0.3 is 0 Å². The minimum absolute atomic E-state index is 0.129. The van der Waals surface area contributed by atoms with Crippen molar-refractivity contribution in [3.63, 3.8) is 0 Å². The lowest BCUT2D eigenvalue weighted by molar-refractivity contribution is -0.115. The van der Waals surface area contributed by atoms with Crippen LogP contribution >= 0.6 is 35.3 Å². The number of thiazole rings is 1. The van der Waals surface area contributed by atoms with Crippen LogP contribution in [0.25, 0.3) is 11.3 Å². The number of thiocarbonyl (C=S) groups is 1. The first-order valence-corrected chi connectivity index (χ1v) is 14.5. The van der Waals surface area contributed by atoms with Crippen LogP contribution in [0.15, 0.2) is 119 Å². The van der Waals surface area contributed by atoms with Crippen LogP contribution < -0.4 is 16.0 Å². The van der Waals surface area contributed by atoms with Gasteiger partial charge in [-0.2, -0.15) is 0 Å². The molecule has 1 unspecified atom stereocenters. The summed E-state index contributed by atoms with van der Waals surface area (Å²) in [4.78, 5) is 19.2. The highest BCUT2D eigenvalue weighted by Gasteiger charge is 2.23. The van der Waals surface area contributed by atoms with Crippen LogP contribution in [0.2, 0.25) is 0 Å². The number of aromatic nitrogens is 1. The number of hydrogen-bond donors (Lipinski definition) is 3. The monoisotopic (exact) mass is 566 g/mol. The minimum Gasteiger partial charge on any atom is -0.332 e. The molecule has 3 N–H and O–H groups in total. The molecule has 194 valence electrons. The lowest BCUT2D eigenvalue weighted by atomic mass is 10.1. The summed E-state index contributed by atoms with van der Waals surface area (Å²) in [5.74, 6) is -0.129. The predicted molar refractivity (Wildman–Crippen MR) is 169 cm³/mol. The number of para-hydroxylation sites is 1.